The molecule has 4 heteroatoms. The largest absolute Gasteiger partial charge is 0.389 e. The van der Waals surface area contributed by atoms with Crippen LogP contribution in [0.4, 0.5) is 0 Å². The minimum absolute atomic E-state index is 0.372. The van der Waals surface area contributed by atoms with E-state index in [1.165, 1.54) is 43.6 Å². The van der Waals surface area contributed by atoms with E-state index in [-0.39, 0.29) is 6.10 Å². The van der Waals surface area contributed by atoms with Crippen molar-refractivity contribution in [2.75, 3.05) is 24.7 Å². The first-order valence-corrected chi connectivity index (χ1v) is 9.93. The Balaban J connectivity index is 2.11. The first-order chi connectivity index (χ1) is 10.2. The number of rotatable bonds is 11. The lowest BCUT2D eigenvalue weighted by molar-refractivity contribution is -0.0502. The van der Waals surface area contributed by atoms with E-state index in [1.54, 1.807) is 0 Å². The van der Waals surface area contributed by atoms with Crippen LogP contribution in [0.2, 0.25) is 0 Å². The molecule has 0 aromatic heterocycles. The summed E-state index contributed by atoms with van der Waals surface area (Å²) in [5, 5.41) is 13.5. The number of aliphatic hydroxyl groups is 1. The van der Waals surface area contributed by atoms with Crippen molar-refractivity contribution in [1.82, 2.24) is 5.32 Å². The minimum Gasteiger partial charge on any atom is -0.389 e. The van der Waals surface area contributed by atoms with Crippen molar-refractivity contribution in [3.05, 3.63) is 0 Å². The molecular formula is C17H35NO2S. The Morgan fingerprint density at radius 2 is 2.05 bits per heavy atom. The summed E-state index contributed by atoms with van der Waals surface area (Å²) in [6, 6.07) is 0.469. The average Bonchev–Trinajstić information content (AvgIpc) is 2.51. The number of nitrogens with one attached hydrogen (secondary N) is 1. The summed E-state index contributed by atoms with van der Waals surface area (Å²) in [5.74, 6) is 3.07. The van der Waals surface area contributed by atoms with Crippen LogP contribution in [0.15, 0.2) is 0 Å². The van der Waals surface area contributed by atoms with E-state index in [2.05, 4.69) is 26.1 Å². The number of hydrogen-bond acceptors (Lipinski definition) is 4. The lowest BCUT2D eigenvalue weighted by Crippen LogP contribution is -2.38. The van der Waals surface area contributed by atoms with Crippen LogP contribution in [-0.4, -0.2) is 48.0 Å². The van der Waals surface area contributed by atoms with Crippen LogP contribution in [0, 0.1) is 5.92 Å². The van der Waals surface area contributed by atoms with Crippen LogP contribution in [0.25, 0.3) is 0 Å². The smallest absolute Gasteiger partial charge is 0.0897 e. The van der Waals surface area contributed by atoms with Gasteiger partial charge in [-0.25, -0.2) is 0 Å². The first kappa shape index (κ1) is 19.3. The molecule has 21 heavy (non-hydrogen) atoms. The van der Waals surface area contributed by atoms with Crippen molar-refractivity contribution >= 4 is 11.8 Å². The second-order valence-electron chi connectivity index (χ2n) is 6.27. The second-order valence-corrected chi connectivity index (χ2v) is 7.67. The molecule has 0 amide bonds. The molecule has 0 spiro atoms. The molecule has 2 N–H and O–H groups in total. The van der Waals surface area contributed by atoms with E-state index in [9.17, 15) is 5.11 Å². The summed E-state index contributed by atoms with van der Waals surface area (Å²) in [7, 11) is 0. The Bertz CT molecular complexity index is 253. The second kappa shape index (κ2) is 11.8. The van der Waals surface area contributed by atoms with Crippen LogP contribution in [0.5, 0.6) is 0 Å². The van der Waals surface area contributed by atoms with Crippen LogP contribution in [-0.2, 0) is 4.74 Å². The normalized spacial score (nSPS) is 25.7. The number of aliphatic hydroxyl groups excluding tert-OH is 1. The summed E-state index contributed by atoms with van der Waals surface area (Å²) in [6.07, 6.45) is 7.43. The van der Waals surface area contributed by atoms with E-state index in [0.29, 0.717) is 31.2 Å². The number of hydrogen-bond donors (Lipinski definition) is 2. The molecule has 1 aliphatic rings. The average molecular weight is 318 g/mol. The predicted molar refractivity (Wildman–Crippen MR) is 93.1 cm³/mol. The molecule has 4 atom stereocenters. The van der Waals surface area contributed by atoms with Gasteiger partial charge in [0.25, 0.3) is 0 Å². The quantitative estimate of drug-likeness (QED) is 0.573. The summed E-state index contributed by atoms with van der Waals surface area (Å²) >= 11 is 1.98. The highest BCUT2D eigenvalue weighted by Gasteiger charge is 2.24. The van der Waals surface area contributed by atoms with E-state index in [4.69, 9.17) is 4.74 Å². The molecule has 0 radical (unpaired) electrons. The van der Waals surface area contributed by atoms with Gasteiger partial charge < -0.3 is 15.2 Å². The monoisotopic (exact) mass is 317 g/mol. The Morgan fingerprint density at radius 1 is 1.29 bits per heavy atom. The van der Waals surface area contributed by atoms with Gasteiger partial charge in [-0.15, -0.1) is 0 Å². The standard InChI is InChI=1S/C17H35NO2S/c1-4-15-8-6-7-9-17(15)20-13-16(19)12-18-14(3)10-11-21-5-2/h14-19H,4-13H2,1-3H3. The molecule has 0 aliphatic heterocycles. The van der Waals surface area contributed by atoms with Crippen molar-refractivity contribution < 1.29 is 9.84 Å². The third-order valence-corrected chi connectivity index (χ3v) is 5.40. The van der Waals surface area contributed by atoms with Gasteiger partial charge in [0.15, 0.2) is 0 Å². The van der Waals surface area contributed by atoms with E-state index in [1.807, 2.05) is 11.8 Å². The van der Waals surface area contributed by atoms with Crippen LogP contribution in [0.3, 0.4) is 0 Å². The molecule has 126 valence electrons. The fraction of sp³-hybridized carbons (Fsp3) is 1.00. The molecule has 0 aromatic carbocycles. The summed E-state index contributed by atoms with van der Waals surface area (Å²) < 4.78 is 5.98. The van der Waals surface area contributed by atoms with Crippen molar-refractivity contribution in [2.45, 2.75) is 77.5 Å². The molecule has 1 saturated carbocycles. The highest BCUT2D eigenvalue weighted by Crippen LogP contribution is 2.29. The summed E-state index contributed by atoms with van der Waals surface area (Å²) in [6.45, 7) is 7.75. The molecular weight excluding hydrogens is 282 g/mol. The van der Waals surface area contributed by atoms with Gasteiger partial charge in [-0.1, -0.05) is 33.1 Å². The van der Waals surface area contributed by atoms with Gasteiger partial charge in [0.05, 0.1) is 18.8 Å². The number of ether oxygens (including phenoxy) is 1. The van der Waals surface area contributed by atoms with Gasteiger partial charge in [0.2, 0.25) is 0 Å². The highest BCUT2D eigenvalue weighted by molar-refractivity contribution is 7.99. The van der Waals surface area contributed by atoms with Gasteiger partial charge in [0.1, 0.15) is 0 Å². The molecule has 1 fully saturated rings. The van der Waals surface area contributed by atoms with Crippen LogP contribution < -0.4 is 5.32 Å². The van der Waals surface area contributed by atoms with Crippen molar-refractivity contribution in [1.29, 1.82) is 0 Å². The molecule has 0 bridgehead atoms. The lowest BCUT2D eigenvalue weighted by Gasteiger charge is -2.31. The van der Waals surface area contributed by atoms with Gasteiger partial charge in [-0.3, -0.25) is 0 Å². The van der Waals surface area contributed by atoms with Crippen molar-refractivity contribution in [3.63, 3.8) is 0 Å². The zero-order valence-electron chi connectivity index (χ0n) is 14.1. The minimum atomic E-state index is -0.384. The van der Waals surface area contributed by atoms with Gasteiger partial charge in [-0.05, 0) is 43.6 Å². The topological polar surface area (TPSA) is 41.5 Å². The Labute approximate surface area is 135 Å². The summed E-state index contributed by atoms with van der Waals surface area (Å²) in [5.41, 5.74) is 0. The molecule has 3 nitrogen and oxygen atoms in total. The van der Waals surface area contributed by atoms with Crippen LogP contribution in [0.1, 0.15) is 59.3 Å². The van der Waals surface area contributed by atoms with E-state index < -0.39 is 0 Å². The maximum atomic E-state index is 10.1. The Hall–Kier alpha value is 0.230. The van der Waals surface area contributed by atoms with Crippen molar-refractivity contribution in [2.24, 2.45) is 5.92 Å². The molecule has 4 unspecified atom stereocenters. The van der Waals surface area contributed by atoms with Gasteiger partial charge in [-0.2, -0.15) is 11.8 Å². The fourth-order valence-corrected chi connectivity index (χ4v) is 3.81. The third-order valence-electron chi connectivity index (χ3n) is 4.47. The maximum Gasteiger partial charge on any atom is 0.0897 e. The van der Waals surface area contributed by atoms with Crippen molar-refractivity contribution in [3.8, 4) is 0 Å². The molecule has 1 rings (SSSR count). The Kier molecular flexibility index (Phi) is 10.8. The highest BCUT2D eigenvalue weighted by atomic mass is 32.2. The predicted octanol–water partition coefficient (Wildman–Crippen LogP) is 3.45. The molecule has 0 saturated heterocycles. The summed E-state index contributed by atoms with van der Waals surface area (Å²) in [4.78, 5) is 0. The molecule has 0 heterocycles. The molecule has 0 aromatic rings. The van der Waals surface area contributed by atoms with Gasteiger partial charge in [0, 0.05) is 12.6 Å². The third kappa shape index (κ3) is 8.44. The maximum absolute atomic E-state index is 10.1. The zero-order valence-corrected chi connectivity index (χ0v) is 15.0. The van der Waals surface area contributed by atoms with E-state index in [0.717, 1.165) is 6.42 Å². The lowest BCUT2D eigenvalue weighted by atomic mass is 9.85. The Morgan fingerprint density at radius 3 is 2.76 bits per heavy atom. The van der Waals surface area contributed by atoms with E-state index >= 15 is 0 Å². The van der Waals surface area contributed by atoms with Gasteiger partial charge >= 0.3 is 0 Å². The zero-order chi connectivity index (χ0) is 15.5. The molecule has 1 aliphatic carbocycles. The number of thioether (sulfide) groups is 1. The fourth-order valence-electron chi connectivity index (χ4n) is 3.00. The SMILES string of the molecule is CCSCCC(C)NCC(O)COC1CCCCC1CC. The van der Waals surface area contributed by atoms with Crippen LogP contribution >= 0.6 is 11.8 Å². The first-order valence-electron chi connectivity index (χ1n) is 8.78.